The first-order valence-corrected chi connectivity index (χ1v) is 4.98. The van der Waals surface area contributed by atoms with Crippen molar-refractivity contribution in [2.75, 3.05) is 0 Å². The number of ether oxygens (including phenoxy) is 1. The molecule has 0 unspecified atom stereocenters. The molecule has 0 radical (unpaired) electrons. The standard InChI is InChI=1S/C12H14O2/c1-8(2)10-7-12(13)14-11-6-4-3-5-9(10)11/h3-6,8,10H,7H2,1-2H3/t10-/m1/s1. The van der Waals surface area contributed by atoms with Crippen LogP contribution in [0.2, 0.25) is 0 Å². The zero-order chi connectivity index (χ0) is 10.1. The maximum Gasteiger partial charge on any atom is 0.311 e. The minimum Gasteiger partial charge on any atom is -0.426 e. The fourth-order valence-electron chi connectivity index (χ4n) is 1.93. The quantitative estimate of drug-likeness (QED) is 0.502. The number of hydrogen-bond donors (Lipinski definition) is 0. The van der Waals surface area contributed by atoms with Crippen molar-refractivity contribution in [1.29, 1.82) is 0 Å². The molecule has 1 aromatic carbocycles. The van der Waals surface area contributed by atoms with Crippen molar-refractivity contribution in [1.82, 2.24) is 0 Å². The zero-order valence-corrected chi connectivity index (χ0v) is 8.49. The molecule has 2 rings (SSSR count). The molecule has 0 spiro atoms. The molecule has 0 aromatic heterocycles. The van der Waals surface area contributed by atoms with Gasteiger partial charge in [0.05, 0.1) is 6.42 Å². The summed E-state index contributed by atoms with van der Waals surface area (Å²) in [5, 5.41) is 0. The molecule has 0 fully saturated rings. The number of carbonyl (C=O) groups is 1. The van der Waals surface area contributed by atoms with Gasteiger partial charge in [-0.2, -0.15) is 0 Å². The van der Waals surface area contributed by atoms with Gasteiger partial charge in [-0.1, -0.05) is 32.0 Å². The van der Waals surface area contributed by atoms with E-state index in [1.807, 2.05) is 24.3 Å². The third-order valence-electron chi connectivity index (χ3n) is 2.73. The van der Waals surface area contributed by atoms with Crippen LogP contribution >= 0.6 is 0 Å². The summed E-state index contributed by atoms with van der Waals surface area (Å²) < 4.78 is 5.17. The Hall–Kier alpha value is -1.31. The van der Waals surface area contributed by atoms with Crippen LogP contribution in [-0.4, -0.2) is 5.97 Å². The van der Waals surface area contributed by atoms with E-state index in [4.69, 9.17) is 4.74 Å². The van der Waals surface area contributed by atoms with Crippen molar-refractivity contribution in [2.24, 2.45) is 5.92 Å². The Balaban J connectivity index is 2.43. The number of rotatable bonds is 1. The number of esters is 1. The minimum absolute atomic E-state index is 0.109. The van der Waals surface area contributed by atoms with Crippen molar-refractivity contribution in [3.8, 4) is 5.75 Å². The molecule has 0 aliphatic carbocycles. The highest BCUT2D eigenvalue weighted by atomic mass is 16.5. The van der Waals surface area contributed by atoms with Crippen molar-refractivity contribution in [3.05, 3.63) is 29.8 Å². The summed E-state index contributed by atoms with van der Waals surface area (Å²) in [4.78, 5) is 11.3. The fourth-order valence-corrected chi connectivity index (χ4v) is 1.93. The SMILES string of the molecule is CC(C)[C@H]1CC(=O)Oc2ccccc21. The number of carbonyl (C=O) groups excluding carboxylic acids is 1. The summed E-state index contributed by atoms with van der Waals surface area (Å²) in [7, 11) is 0. The molecule has 1 aromatic rings. The summed E-state index contributed by atoms with van der Waals surface area (Å²) in [5.74, 6) is 1.42. The molecule has 1 aliphatic heterocycles. The second kappa shape index (κ2) is 3.45. The van der Waals surface area contributed by atoms with E-state index in [0.29, 0.717) is 18.3 Å². The van der Waals surface area contributed by atoms with Gasteiger partial charge in [-0.3, -0.25) is 4.79 Å². The summed E-state index contributed by atoms with van der Waals surface area (Å²) in [6, 6.07) is 7.80. The number of para-hydroxylation sites is 1. The molecule has 0 saturated carbocycles. The molecule has 2 nitrogen and oxygen atoms in total. The Kier molecular flexibility index (Phi) is 2.28. The van der Waals surface area contributed by atoms with Crippen LogP contribution in [0.5, 0.6) is 5.75 Å². The van der Waals surface area contributed by atoms with Gasteiger partial charge in [0, 0.05) is 5.92 Å². The van der Waals surface area contributed by atoms with E-state index in [1.54, 1.807) is 0 Å². The van der Waals surface area contributed by atoms with Gasteiger partial charge in [0.25, 0.3) is 0 Å². The lowest BCUT2D eigenvalue weighted by Gasteiger charge is -2.26. The van der Waals surface area contributed by atoms with Crippen molar-refractivity contribution < 1.29 is 9.53 Å². The van der Waals surface area contributed by atoms with E-state index in [2.05, 4.69) is 13.8 Å². The van der Waals surface area contributed by atoms with Gasteiger partial charge in [-0.25, -0.2) is 0 Å². The van der Waals surface area contributed by atoms with Crippen LogP contribution in [0.4, 0.5) is 0 Å². The highest BCUT2D eigenvalue weighted by Gasteiger charge is 2.28. The van der Waals surface area contributed by atoms with Gasteiger partial charge in [0.1, 0.15) is 5.75 Å². The summed E-state index contributed by atoms with van der Waals surface area (Å²) >= 11 is 0. The van der Waals surface area contributed by atoms with Gasteiger partial charge in [0.15, 0.2) is 0 Å². The first kappa shape index (κ1) is 9.25. The van der Waals surface area contributed by atoms with Crippen LogP contribution in [0, 0.1) is 5.92 Å². The molecule has 0 amide bonds. The van der Waals surface area contributed by atoms with Crippen LogP contribution < -0.4 is 4.74 Å². The summed E-state index contributed by atoms with van der Waals surface area (Å²) in [5.41, 5.74) is 1.17. The zero-order valence-electron chi connectivity index (χ0n) is 8.49. The molecule has 0 saturated heterocycles. The minimum atomic E-state index is -0.109. The van der Waals surface area contributed by atoms with Crippen LogP contribution in [-0.2, 0) is 4.79 Å². The first-order valence-electron chi connectivity index (χ1n) is 4.98. The van der Waals surface area contributed by atoms with Crippen molar-refractivity contribution in [2.45, 2.75) is 26.2 Å². The number of hydrogen-bond acceptors (Lipinski definition) is 2. The van der Waals surface area contributed by atoms with E-state index in [1.165, 1.54) is 5.56 Å². The van der Waals surface area contributed by atoms with Crippen molar-refractivity contribution in [3.63, 3.8) is 0 Å². The molecular formula is C12H14O2. The van der Waals surface area contributed by atoms with E-state index in [0.717, 1.165) is 5.75 Å². The molecular weight excluding hydrogens is 176 g/mol. The Labute approximate surface area is 83.9 Å². The number of benzene rings is 1. The monoisotopic (exact) mass is 190 g/mol. The lowest BCUT2D eigenvalue weighted by molar-refractivity contribution is -0.136. The van der Waals surface area contributed by atoms with Crippen LogP contribution in [0.25, 0.3) is 0 Å². The van der Waals surface area contributed by atoms with E-state index in [-0.39, 0.29) is 5.97 Å². The van der Waals surface area contributed by atoms with Gasteiger partial charge in [0.2, 0.25) is 0 Å². The molecule has 1 heterocycles. The molecule has 2 heteroatoms. The average molecular weight is 190 g/mol. The first-order chi connectivity index (χ1) is 6.68. The smallest absolute Gasteiger partial charge is 0.311 e. The predicted molar refractivity (Wildman–Crippen MR) is 54.3 cm³/mol. The normalized spacial score (nSPS) is 20.5. The van der Waals surface area contributed by atoms with Gasteiger partial charge >= 0.3 is 5.97 Å². The highest BCUT2D eigenvalue weighted by Crippen LogP contribution is 2.38. The topological polar surface area (TPSA) is 26.3 Å². The lowest BCUT2D eigenvalue weighted by Crippen LogP contribution is -2.23. The molecule has 1 aliphatic rings. The highest BCUT2D eigenvalue weighted by molar-refractivity contribution is 5.76. The third kappa shape index (κ3) is 1.52. The Bertz CT molecular complexity index is 355. The maximum atomic E-state index is 11.3. The lowest BCUT2D eigenvalue weighted by atomic mass is 9.84. The Morgan fingerprint density at radius 3 is 2.79 bits per heavy atom. The number of fused-ring (bicyclic) bond motifs is 1. The maximum absolute atomic E-state index is 11.3. The van der Waals surface area contributed by atoms with Gasteiger partial charge in [-0.15, -0.1) is 0 Å². The largest absolute Gasteiger partial charge is 0.426 e. The van der Waals surface area contributed by atoms with E-state index in [9.17, 15) is 4.79 Å². The Morgan fingerprint density at radius 1 is 1.36 bits per heavy atom. The summed E-state index contributed by atoms with van der Waals surface area (Å²) in [6.45, 7) is 4.28. The predicted octanol–water partition coefficient (Wildman–Crippen LogP) is 2.74. The van der Waals surface area contributed by atoms with Crippen molar-refractivity contribution >= 4 is 5.97 Å². The van der Waals surface area contributed by atoms with Crippen LogP contribution in [0.1, 0.15) is 31.7 Å². The molecule has 14 heavy (non-hydrogen) atoms. The fraction of sp³-hybridized carbons (Fsp3) is 0.417. The van der Waals surface area contributed by atoms with Gasteiger partial charge in [-0.05, 0) is 17.5 Å². The Morgan fingerprint density at radius 2 is 2.07 bits per heavy atom. The van der Waals surface area contributed by atoms with Crippen LogP contribution in [0.15, 0.2) is 24.3 Å². The molecule has 1 atom stereocenters. The molecule has 0 bridgehead atoms. The van der Waals surface area contributed by atoms with E-state index >= 15 is 0 Å². The second-order valence-electron chi connectivity index (χ2n) is 4.07. The molecule has 74 valence electrons. The summed E-state index contributed by atoms with van der Waals surface area (Å²) in [6.07, 6.45) is 0.509. The van der Waals surface area contributed by atoms with E-state index < -0.39 is 0 Å². The second-order valence-corrected chi connectivity index (χ2v) is 4.07. The van der Waals surface area contributed by atoms with Crippen LogP contribution in [0.3, 0.4) is 0 Å². The molecule has 0 N–H and O–H groups in total. The average Bonchev–Trinajstić information content (AvgIpc) is 2.16. The van der Waals surface area contributed by atoms with Gasteiger partial charge < -0.3 is 4.74 Å². The third-order valence-corrected chi connectivity index (χ3v) is 2.73.